The maximum Gasteiger partial charge on any atom is 0.152 e. The number of nitrogens with zero attached hydrogens (tertiary/aromatic N) is 1. The van der Waals surface area contributed by atoms with E-state index in [1.165, 1.54) is 0 Å². The minimum Gasteiger partial charge on any atom is -0.505 e. The molecule has 0 aliphatic carbocycles. The normalized spacial score (nSPS) is 17.6. The molecule has 0 spiro atoms. The topological polar surface area (TPSA) is 55.7 Å². The minimum atomic E-state index is -0.0878. The predicted octanol–water partition coefficient (Wildman–Crippen LogP) is 2.45. The van der Waals surface area contributed by atoms with Crippen molar-refractivity contribution in [3.63, 3.8) is 0 Å². The first-order chi connectivity index (χ1) is 9.13. The fourth-order valence-electron chi connectivity index (χ4n) is 2.45. The number of benzene rings is 1. The Hall–Kier alpha value is -0.230. The zero-order valence-electron chi connectivity index (χ0n) is 11.0. The number of halogens is 3. The minimum absolute atomic E-state index is 0. The van der Waals surface area contributed by atoms with Crippen molar-refractivity contribution < 1.29 is 10.2 Å². The summed E-state index contributed by atoms with van der Waals surface area (Å²) in [7, 11) is 0. The summed E-state index contributed by atoms with van der Waals surface area (Å²) in [5.41, 5.74) is 0.934. The first kappa shape index (κ1) is 17.8. The molecule has 1 aromatic rings. The summed E-state index contributed by atoms with van der Waals surface area (Å²) < 4.78 is 0. The Morgan fingerprint density at radius 3 is 2.25 bits per heavy atom. The molecule has 2 rings (SSSR count). The molecule has 0 amide bonds. The standard InChI is InChI=1S/C13H18Cl2N2O2.ClH/c14-10-7-9(8-11(15)13(10)19)12(1-6-18)17-4-2-16-3-5-17;/h7-8,12,16,18-19H,1-6H2;1H/t12-;/m0./s1. The molecule has 1 heterocycles. The van der Waals surface area contributed by atoms with Gasteiger partial charge in [0.05, 0.1) is 10.0 Å². The summed E-state index contributed by atoms with van der Waals surface area (Å²) in [4.78, 5) is 2.30. The molecular weight excluding hydrogens is 323 g/mol. The molecule has 7 heteroatoms. The van der Waals surface area contributed by atoms with Crippen LogP contribution in [0.5, 0.6) is 5.75 Å². The van der Waals surface area contributed by atoms with E-state index in [-0.39, 0.29) is 40.9 Å². The third kappa shape index (κ3) is 4.13. The summed E-state index contributed by atoms with van der Waals surface area (Å²) in [6, 6.07) is 3.53. The van der Waals surface area contributed by atoms with Crippen LogP contribution in [0.25, 0.3) is 0 Å². The predicted molar refractivity (Wildman–Crippen MR) is 84.3 cm³/mol. The lowest BCUT2D eigenvalue weighted by molar-refractivity contribution is 0.141. The van der Waals surface area contributed by atoms with E-state index in [4.69, 9.17) is 23.2 Å². The average Bonchev–Trinajstić information content (AvgIpc) is 2.42. The highest BCUT2D eigenvalue weighted by Gasteiger charge is 2.23. The van der Waals surface area contributed by atoms with Gasteiger partial charge in [0.1, 0.15) is 0 Å². The molecule has 0 radical (unpaired) electrons. The van der Waals surface area contributed by atoms with Crippen molar-refractivity contribution in [3.05, 3.63) is 27.7 Å². The van der Waals surface area contributed by atoms with Crippen LogP contribution in [-0.2, 0) is 0 Å². The second-order valence-electron chi connectivity index (χ2n) is 4.65. The number of aliphatic hydroxyl groups excluding tert-OH is 1. The average molecular weight is 342 g/mol. The van der Waals surface area contributed by atoms with Crippen molar-refractivity contribution in [3.8, 4) is 5.75 Å². The zero-order valence-corrected chi connectivity index (χ0v) is 13.3. The molecular formula is C13H19Cl3N2O2. The number of nitrogens with one attached hydrogen (secondary N) is 1. The number of hydrogen-bond acceptors (Lipinski definition) is 4. The third-order valence-electron chi connectivity index (χ3n) is 3.42. The molecule has 1 atom stereocenters. The Balaban J connectivity index is 0.00000200. The van der Waals surface area contributed by atoms with Crippen LogP contribution >= 0.6 is 35.6 Å². The van der Waals surface area contributed by atoms with Gasteiger partial charge in [0.25, 0.3) is 0 Å². The van der Waals surface area contributed by atoms with E-state index in [1.807, 2.05) is 0 Å². The van der Waals surface area contributed by atoms with Gasteiger partial charge in [-0.3, -0.25) is 4.90 Å². The highest BCUT2D eigenvalue weighted by Crippen LogP contribution is 2.36. The Bertz CT molecular complexity index is 417. The lowest BCUT2D eigenvalue weighted by Crippen LogP contribution is -2.45. The van der Waals surface area contributed by atoms with E-state index in [0.29, 0.717) is 6.42 Å². The molecule has 1 aromatic carbocycles. The molecule has 114 valence electrons. The van der Waals surface area contributed by atoms with Gasteiger partial charge >= 0.3 is 0 Å². The van der Waals surface area contributed by atoms with E-state index < -0.39 is 0 Å². The highest BCUT2D eigenvalue weighted by molar-refractivity contribution is 6.37. The van der Waals surface area contributed by atoms with Crippen LogP contribution in [0.2, 0.25) is 10.0 Å². The quantitative estimate of drug-likeness (QED) is 0.787. The summed E-state index contributed by atoms with van der Waals surface area (Å²) in [5.74, 6) is -0.0878. The van der Waals surface area contributed by atoms with Crippen molar-refractivity contribution in [2.24, 2.45) is 0 Å². The van der Waals surface area contributed by atoms with E-state index in [9.17, 15) is 10.2 Å². The molecule has 0 saturated carbocycles. The maximum absolute atomic E-state index is 9.62. The van der Waals surface area contributed by atoms with Crippen LogP contribution in [0.1, 0.15) is 18.0 Å². The zero-order chi connectivity index (χ0) is 13.8. The molecule has 3 N–H and O–H groups in total. The van der Waals surface area contributed by atoms with Gasteiger partial charge in [0, 0.05) is 38.8 Å². The smallest absolute Gasteiger partial charge is 0.152 e. The van der Waals surface area contributed by atoms with Crippen molar-refractivity contribution in [1.29, 1.82) is 0 Å². The monoisotopic (exact) mass is 340 g/mol. The number of aliphatic hydroxyl groups is 1. The van der Waals surface area contributed by atoms with E-state index in [0.717, 1.165) is 31.7 Å². The Labute approximate surface area is 135 Å². The second-order valence-corrected chi connectivity index (χ2v) is 5.46. The fraction of sp³-hybridized carbons (Fsp3) is 0.538. The Morgan fingerprint density at radius 1 is 1.20 bits per heavy atom. The first-order valence-electron chi connectivity index (χ1n) is 6.37. The Morgan fingerprint density at radius 2 is 1.75 bits per heavy atom. The first-order valence-corrected chi connectivity index (χ1v) is 7.12. The van der Waals surface area contributed by atoms with Crippen molar-refractivity contribution in [2.45, 2.75) is 12.5 Å². The van der Waals surface area contributed by atoms with Gasteiger partial charge in [0.2, 0.25) is 0 Å². The summed E-state index contributed by atoms with van der Waals surface area (Å²) in [5, 5.41) is 22.7. The van der Waals surface area contributed by atoms with Crippen LogP contribution < -0.4 is 5.32 Å². The van der Waals surface area contributed by atoms with Crippen LogP contribution in [0.4, 0.5) is 0 Å². The number of piperazine rings is 1. The summed E-state index contributed by atoms with van der Waals surface area (Å²) in [6.07, 6.45) is 0.622. The Kier molecular flexibility index (Phi) is 7.37. The van der Waals surface area contributed by atoms with Gasteiger partial charge in [-0.15, -0.1) is 12.4 Å². The van der Waals surface area contributed by atoms with Crippen LogP contribution in [-0.4, -0.2) is 47.9 Å². The number of phenols is 1. The van der Waals surface area contributed by atoms with Crippen molar-refractivity contribution >= 4 is 35.6 Å². The molecule has 0 aromatic heterocycles. The van der Waals surface area contributed by atoms with E-state index in [1.54, 1.807) is 12.1 Å². The lowest BCUT2D eigenvalue weighted by atomic mass is 10.0. The summed E-state index contributed by atoms with van der Waals surface area (Å²) >= 11 is 11.9. The SMILES string of the molecule is Cl.OCC[C@@H](c1cc(Cl)c(O)c(Cl)c1)N1CCNCC1. The van der Waals surface area contributed by atoms with Gasteiger partial charge in [-0.05, 0) is 24.1 Å². The summed E-state index contributed by atoms with van der Waals surface area (Å²) in [6.45, 7) is 3.80. The van der Waals surface area contributed by atoms with Gasteiger partial charge in [-0.2, -0.15) is 0 Å². The number of rotatable bonds is 4. The van der Waals surface area contributed by atoms with Crippen LogP contribution in [0, 0.1) is 0 Å². The second kappa shape index (κ2) is 8.27. The maximum atomic E-state index is 9.62. The molecule has 1 aliphatic rings. The van der Waals surface area contributed by atoms with E-state index >= 15 is 0 Å². The molecule has 4 nitrogen and oxygen atoms in total. The molecule has 0 unspecified atom stereocenters. The van der Waals surface area contributed by atoms with Gasteiger partial charge in [-0.1, -0.05) is 23.2 Å². The van der Waals surface area contributed by atoms with Gasteiger partial charge in [-0.25, -0.2) is 0 Å². The van der Waals surface area contributed by atoms with E-state index in [2.05, 4.69) is 10.2 Å². The molecule has 1 saturated heterocycles. The number of hydrogen-bond donors (Lipinski definition) is 3. The molecule has 0 bridgehead atoms. The van der Waals surface area contributed by atoms with Crippen molar-refractivity contribution in [2.75, 3.05) is 32.8 Å². The molecule has 1 aliphatic heterocycles. The number of phenolic OH excluding ortho intramolecular Hbond substituents is 1. The fourth-order valence-corrected chi connectivity index (χ4v) is 2.96. The molecule has 1 fully saturated rings. The van der Waals surface area contributed by atoms with Gasteiger partial charge < -0.3 is 15.5 Å². The van der Waals surface area contributed by atoms with Gasteiger partial charge in [0.15, 0.2) is 5.75 Å². The number of aromatic hydroxyl groups is 1. The largest absolute Gasteiger partial charge is 0.505 e. The molecule has 20 heavy (non-hydrogen) atoms. The third-order valence-corrected chi connectivity index (χ3v) is 4.00. The van der Waals surface area contributed by atoms with Crippen LogP contribution in [0.15, 0.2) is 12.1 Å². The highest BCUT2D eigenvalue weighted by atomic mass is 35.5. The lowest BCUT2D eigenvalue weighted by Gasteiger charge is -2.35. The van der Waals surface area contributed by atoms with Crippen LogP contribution in [0.3, 0.4) is 0 Å². The van der Waals surface area contributed by atoms with Crippen molar-refractivity contribution in [1.82, 2.24) is 10.2 Å².